The number of alkyl halides is 2. The number of nitrogens with one attached hydrogen (secondary N) is 1. The number of nitrogens with zero attached hydrogens (tertiary/aromatic N) is 3. The lowest BCUT2D eigenvalue weighted by atomic mass is 9.75. The molecule has 1 saturated carbocycles. The van der Waals surface area contributed by atoms with E-state index < -0.39 is 17.4 Å². The van der Waals surface area contributed by atoms with Gasteiger partial charge in [0.1, 0.15) is 11.4 Å². The first kappa shape index (κ1) is 16.2. The van der Waals surface area contributed by atoms with E-state index in [2.05, 4.69) is 10.4 Å². The molecule has 2 heterocycles. The van der Waals surface area contributed by atoms with Gasteiger partial charge in [0.25, 0.3) is 5.91 Å². The molecule has 0 radical (unpaired) electrons. The Morgan fingerprint density at radius 1 is 1.48 bits per heavy atom. The molecule has 2 fully saturated rings. The molecule has 1 saturated heterocycles. The number of hydrogen-bond donors (Lipinski definition) is 2. The number of amides is 1. The minimum absolute atomic E-state index is 0.0285. The number of anilines is 1. The van der Waals surface area contributed by atoms with Crippen LogP contribution >= 0.6 is 0 Å². The highest BCUT2D eigenvalue weighted by atomic mass is 19.3. The number of hydrogen-bond acceptors (Lipinski definition) is 4. The maximum Gasteiger partial charge on any atom is 0.352 e. The smallest absolute Gasteiger partial charge is 0.352 e. The molecule has 0 aromatic carbocycles. The summed E-state index contributed by atoms with van der Waals surface area (Å²) in [6, 6.07) is 1.50. The zero-order chi connectivity index (χ0) is 16.7. The Hall–Kier alpha value is -1.70. The molecule has 1 unspecified atom stereocenters. The Morgan fingerprint density at radius 3 is 2.78 bits per heavy atom. The van der Waals surface area contributed by atoms with Gasteiger partial charge in [0.05, 0.1) is 6.20 Å². The van der Waals surface area contributed by atoms with E-state index in [1.807, 2.05) is 18.0 Å². The third-order valence-electron chi connectivity index (χ3n) is 4.93. The molecule has 2 aliphatic rings. The van der Waals surface area contributed by atoms with Crippen molar-refractivity contribution in [3.05, 3.63) is 12.3 Å². The highest BCUT2D eigenvalue weighted by Crippen LogP contribution is 2.44. The summed E-state index contributed by atoms with van der Waals surface area (Å²) < 4.78 is 30.0. The molecule has 23 heavy (non-hydrogen) atoms. The molecule has 0 bridgehead atoms. The van der Waals surface area contributed by atoms with E-state index >= 15 is 0 Å². The van der Waals surface area contributed by atoms with Gasteiger partial charge in [-0.3, -0.25) is 9.48 Å². The SMILES string of the molecule is Cn1nccc1N1CCCC(NC(=O)C(F)(F)C2(O)CCC2)C1. The summed E-state index contributed by atoms with van der Waals surface area (Å²) >= 11 is 0. The monoisotopic (exact) mass is 328 g/mol. The first-order valence-corrected chi connectivity index (χ1v) is 7.98. The molecule has 1 aromatic heterocycles. The quantitative estimate of drug-likeness (QED) is 0.867. The van der Waals surface area contributed by atoms with E-state index in [9.17, 15) is 18.7 Å². The number of piperidine rings is 1. The molecular formula is C15H22F2N4O2. The van der Waals surface area contributed by atoms with Gasteiger partial charge in [0, 0.05) is 32.2 Å². The van der Waals surface area contributed by atoms with Crippen molar-refractivity contribution in [3.8, 4) is 0 Å². The third kappa shape index (κ3) is 2.80. The summed E-state index contributed by atoms with van der Waals surface area (Å²) in [7, 11) is 1.82. The van der Waals surface area contributed by atoms with Gasteiger partial charge >= 0.3 is 5.92 Å². The second kappa shape index (κ2) is 5.74. The van der Waals surface area contributed by atoms with Gasteiger partial charge in [-0.15, -0.1) is 0 Å². The molecule has 128 valence electrons. The van der Waals surface area contributed by atoms with Crippen LogP contribution in [0.15, 0.2) is 12.3 Å². The van der Waals surface area contributed by atoms with Gasteiger partial charge in [0.2, 0.25) is 0 Å². The van der Waals surface area contributed by atoms with Crippen molar-refractivity contribution in [2.75, 3.05) is 18.0 Å². The van der Waals surface area contributed by atoms with Crippen molar-refractivity contribution < 1.29 is 18.7 Å². The van der Waals surface area contributed by atoms with Crippen LogP contribution in [0.3, 0.4) is 0 Å². The molecule has 1 aliphatic heterocycles. The largest absolute Gasteiger partial charge is 0.383 e. The summed E-state index contributed by atoms with van der Waals surface area (Å²) in [4.78, 5) is 14.0. The average molecular weight is 328 g/mol. The second-order valence-corrected chi connectivity index (χ2v) is 6.53. The number of rotatable bonds is 4. The number of aryl methyl sites for hydroxylation is 1. The summed E-state index contributed by atoms with van der Waals surface area (Å²) in [5.41, 5.74) is -2.17. The number of carbonyl (C=O) groups excluding carboxylic acids is 1. The molecular weight excluding hydrogens is 306 g/mol. The van der Waals surface area contributed by atoms with Crippen LogP contribution in [0.5, 0.6) is 0 Å². The molecule has 0 spiro atoms. The lowest BCUT2D eigenvalue weighted by Gasteiger charge is -2.42. The molecule has 1 aromatic rings. The van der Waals surface area contributed by atoms with E-state index in [1.54, 1.807) is 10.9 Å². The van der Waals surface area contributed by atoms with E-state index in [4.69, 9.17) is 0 Å². The first-order valence-electron chi connectivity index (χ1n) is 7.98. The molecule has 6 nitrogen and oxygen atoms in total. The van der Waals surface area contributed by atoms with Crippen LogP contribution in [0, 0.1) is 0 Å². The Labute approximate surface area is 133 Å². The van der Waals surface area contributed by atoms with E-state index in [0.29, 0.717) is 19.4 Å². The molecule has 1 atom stereocenters. The summed E-state index contributed by atoms with van der Waals surface area (Å²) in [6.45, 7) is 1.26. The summed E-state index contributed by atoms with van der Waals surface area (Å²) in [5.74, 6) is -4.20. The number of halogens is 2. The van der Waals surface area contributed by atoms with Gasteiger partial charge in [-0.05, 0) is 32.1 Å². The van der Waals surface area contributed by atoms with Crippen LogP contribution in [-0.2, 0) is 11.8 Å². The number of aliphatic hydroxyl groups is 1. The Kier molecular flexibility index (Phi) is 4.03. The lowest BCUT2D eigenvalue weighted by Crippen LogP contribution is -2.63. The van der Waals surface area contributed by atoms with Gasteiger partial charge in [-0.2, -0.15) is 13.9 Å². The van der Waals surface area contributed by atoms with Crippen molar-refractivity contribution >= 4 is 11.7 Å². The molecule has 3 rings (SSSR count). The first-order chi connectivity index (χ1) is 10.8. The number of aromatic nitrogens is 2. The molecule has 1 amide bonds. The Bertz CT molecular complexity index is 586. The standard InChI is InChI=1S/C15H22F2N4O2/c1-20-12(5-8-18-20)21-9-2-4-11(10-21)19-13(22)15(16,17)14(23)6-3-7-14/h5,8,11,23H,2-4,6-7,9-10H2,1H3,(H,19,22). The van der Waals surface area contributed by atoms with Crippen LogP contribution in [-0.4, -0.2) is 51.4 Å². The maximum atomic E-state index is 14.1. The highest BCUT2D eigenvalue weighted by Gasteiger charge is 2.61. The highest BCUT2D eigenvalue weighted by molar-refractivity contribution is 5.85. The molecule has 8 heteroatoms. The summed E-state index contributed by atoms with van der Waals surface area (Å²) in [6.07, 6.45) is 3.59. The van der Waals surface area contributed by atoms with Crippen molar-refractivity contribution in [2.24, 2.45) is 7.05 Å². The van der Waals surface area contributed by atoms with Crippen LogP contribution in [0.4, 0.5) is 14.6 Å². The van der Waals surface area contributed by atoms with Gasteiger partial charge in [0.15, 0.2) is 0 Å². The third-order valence-corrected chi connectivity index (χ3v) is 4.93. The fraction of sp³-hybridized carbons (Fsp3) is 0.733. The normalized spacial score (nSPS) is 24.2. The zero-order valence-corrected chi connectivity index (χ0v) is 13.1. The van der Waals surface area contributed by atoms with Crippen LogP contribution < -0.4 is 10.2 Å². The second-order valence-electron chi connectivity index (χ2n) is 6.53. The maximum absolute atomic E-state index is 14.1. The fourth-order valence-electron chi connectivity index (χ4n) is 3.29. The van der Waals surface area contributed by atoms with Crippen molar-refractivity contribution in [1.82, 2.24) is 15.1 Å². The van der Waals surface area contributed by atoms with Crippen LogP contribution in [0.2, 0.25) is 0 Å². The minimum atomic E-state index is -3.74. The minimum Gasteiger partial charge on any atom is -0.383 e. The topological polar surface area (TPSA) is 70.4 Å². The predicted octanol–water partition coefficient (Wildman–Crippen LogP) is 1.06. The summed E-state index contributed by atoms with van der Waals surface area (Å²) in [5, 5.41) is 16.4. The Balaban J connectivity index is 1.63. The molecule has 2 N–H and O–H groups in total. The van der Waals surface area contributed by atoms with Gasteiger partial charge < -0.3 is 15.3 Å². The van der Waals surface area contributed by atoms with Gasteiger partial charge in [-0.25, -0.2) is 0 Å². The zero-order valence-electron chi connectivity index (χ0n) is 13.1. The lowest BCUT2D eigenvalue weighted by molar-refractivity contribution is -0.216. The number of carbonyl (C=O) groups is 1. The van der Waals surface area contributed by atoms with E-state index in [0.717, 1.165) is 18.8 Å². The predicted molar refractivity (Wildman–Crippen MR) is 80.3 cm³/mol. The molecule has 1 aliphatic carbocycles. The van der Waals surface area contributed by atoms with E-state index in [-0.39, 0.29) is 18.9 Å². The van der Waals surface area contributed by atoms with E-state index in [1.165, 1.54) is 0 Å². The average Bonchev–Trinajstić information content (AvgIpc) is 2.91. The van der Waals surface area contributed by atoms with Gasteiger partial charge in [-0.1, -0.05) is 0 Å². The van der Waals surface area contributed by atoms with Crippen LogP contribution in [0.1, 0.15) is 32.1 Å². The van der Waals surface area contributed by atoms with Crippen molar-refractivity contribution in [3.63, 3.8) is 0 Å². The van der Waals surface area contributed by atoms with Crippen molar-refractivity contribution in [2.45, 2.75) is 49.7 Å². The fourth-order valence-corrected chi connectivity index (χ4v) is 3.29. The van der Waals surface area contributed by atoms with Crippen molar-refractivity contribution in [1.29, 1.82) is 0 Å². The Morgan fingerprint density at radius 2 is 2.22 bits per heavy atom. The van der Waals surface area contributed by atoms with Crippen LogP contribution in [0.25, 0.3) is 0 Å².